The van der Waals surface area contributed by atoms with Crippen LogP contribution in [-0.2, 0) is 0 Å². The Hall–Kier alpha value is -2.00. The van der Waals surface area contributed by atoms with Gasteiger partial charge in [-0.15, -0.1) is 11.3 Å². The van der Waals surface area contributed by atoms with Crippen LogP contribution in [0.25, 0.3) is 32.0 Å². The third kappa shape index (κ3) is 1.20. The predicted octanol–water partition coefficient (Wildman–Crippen LogP) is 4.00. The summed E-state index contributed by atoms with van der Waals surface area (Å²) in [7, 11) is 0. The molecule has 2 nitrogen and oxygen atoms in total. The van der Waals surface area contributed by atoms with Gasteiger partial charge in [0.1, 0.15) is 5.52 Å². The highest BCUT2D eigenvalue weighted by Crippen LogP contribution is 2.30. The lowest BCUT2D eigenvalue weighted by Gasteiger charge is -1.96. The zero-order valence-electron chi connectivity index (χ0n) is 8.92. The van der Waals surface area contributed by atoms with Gasteiger partial charge >= 0.3 is 0 Å². The number of para-hydroxylation sites is 1. The number of rotatable bonds is 0. The topological polar surface area (TPSA) is 25.8 Å². The smallest absolute Gasteiger partial charge is 0.106 e. The molecule has 0 unspecified atom stereocenters. The van der Waals surface area contributed by atoms with Gasteiger partial charge in [-0.3, -0.25) is 4.98 Å². The number of fused-ring (bicyclic) bond motifs is 5. The molecule has 0 N–H and O–H groups in total. The number of aromatic nitrogens is 2. The quantitative estimate of drug-likeness (QED) is 0.461. The van der Waals surface area contributed by atoms with E-state index >= 15 is 0 Å². The molecule has 0 radical (unpaired) electrons. The highest BCUT2D eigenvalue weighted by molar-refractivity contribution is 7.16. The Morgan fingerprint density at radius 2 is 1.82 bits per heavy atom. The van der Waals surface area contributed by atoms with Crippen LogP contribution in [0, 0.1) is 0 Å². The Labute approximate surface area is 102 Å². The molecule has 2 aromatic carbocycles. The van der Waals surface area contributed by atoms with Gasteiger partial charge in [0.15, 0.2) is 0 Å². The van der Waals surface area contributed by atoms with Gasteiger partial charge in [0.25, 0.3) is 0 Å². The molecule has 0 amide bonds. The summed E-state index contributed by atoms with van der Waals surface area (Å²) < 4.78 is 1.18. The van der Waals surface area contributed by atoms with E-state index in [0.29, 0.717) is 0 Å². The predicted molar refractivity (Wildman–Crippen MR) is 72.4 cm³/mol. The molecule has 0 bridgehead atoms. The lowest BCUT2D eigenvalue weighted by Crippen LogP contribution is -1.77. The maximum absolute atomic E-state index is 4.69. The van der Waals surface area contributed by atoms with E-state index in [0.717, 1.165) is 16.6 Å². The van der Waals surface area contributed by atoms with Gasteiger partial charge in [-0.2, -0.15) is 0 Å². The molecule has 0 saturated heterocycles. The van der Waals surface area contributed by atoms with Crippen LogP contribution in [-0.4, -0.2) is 9.97 Å². The maximum Gasteiger partial charge on any atom is 0.106 e. The fourth-order valence-corrected chi connectivity index (χ4v) is 2.92. The van der Waals surface area contributed by atoms with E-state index in [1.807, 2.05) is 23.7 Å². The molecule has 3 heteroatoms. The Morgan fingerprint density at radius 1 is 0.882 bits per heavy atom. The summed E-state index contributed by atoms with van der Waals surface area (Å²) in [6.07, 6.45) is 1.84. The van der Waals surface area contributed by atoms with Crippen molar-refractivity contribution >= 4 is 43.4 Å². The fourth-order valence-electron chi connectivity index (χ4n) is 2.24. The summed E-state index contributed by atoms with van der Waals surface area (Å²) >= 11 is 1.70. The lowest BCUT2D eigenvalue weighted by molar-refractivity contribution is 1.44. The van der Waals surface area contributed by atoms with Crippen LogP contribution in [0.15, 0.2) is 48.0 Å². The first-order valence-corrected chi connectivity index (χ1v) is 6.32. The van der Waals surface area contributed by atoms with Crippen LogP contribution in [0.1, 0.15) is 0 Å². The molecule has 0 aliphatic heterocycles. The van der Waals surface area contributed by atoms with Gasteiger partial charge in [0.05, 0.1) is 15.7 Å². The van der Waals surface area contributed by atoms with Crippen molar-refractivity contribution in [3.8, 4) is 0 Å². The lowest BCUT2D eigenvalue weighted by atomic mass is 10.1. The molecule has 17 heavy (non-hydrogen) atoms. The van der Waals surface area contributed by atoms with E-state index in [-0.39, 0.29) is 0 Å². The highest BCUT2D eigenvalue weighted by Gasteiger charge is 2.08. The second-order valence-corrected chi connectivity index (χ2v) is 4.92. The average molecular weight is 236 g/mol. The number of benzene rings is 2. The summed E-state index contributed by atoms with van der Waals surface area (Å²) in [5.74, 6) is 0. The van der Waals surface area contributed by atoms with Crippen molar-refractivity contribution in [1.82, 2.24) is 9.97 Å². The zero-order valence-corrected chi connectivity index (χ0v) is 9.74. The Kier molecular flexibility index (Phi) is 1.73. The third-order valence-electron chi connectivity index (χ3n) is 3.00. The third-order valence-corrected chi connectivity index (χ3v) is 3.84. The number of nitrogens with zero attached hydrogens (tertiary/aromatic N) is 2. The minimum Gasteiger partial charge on any atom is -0.252 e. The van der Waals surface area contributed by atoms with E-state index in [1.165, 1.54) is 15.5 Å². The van der Waals surface area contributed by atoms with Crippen molar-refractivity contribution in [2.24, 2.45) is 0 Å². The monoisotopic (exact) mass is 236 g/mol. The van der Waals surface area contributed by atoms with Crippen molar-refractivity contribution < 1.29 is 0 Å². The fraction of sp³-hybridized carbons (Fsp3) is 0. The summed E-state index contributed by atoms with van der Waals surface area (Å²) in [5.41, 5.74) is 3.07. The molecule has 0 fully saturated rings. The summed E-state index contributed by atoms with van der Waals surface area (Å²) in [6, 6.07) is 12.5. The minimum atomic E-state index is 1.01. The molecule has 0 aliphatic carbocycles. The first-order valence-electron chi connectivity index (χ1n) is 5.44. The molecule has 0 atom stereocenters. The van der Waals surface area contributed by atoms with Crippen LogP contribution in [0.2, 0.25) is 0 Å². The van der Waals surface area contributed by atoms with Gasteiger partial charge in [-0.05, 0) is 12.1 Å². The van der Waals surface area contributed by atoms with E-state index < -0.39 is 0 Å². The second kappa shape index (κ2) is 3.25. The van der Waals surface area contributed by atoms with Gasteiger partial charge < -0.3 is 0 Å². The molecule has 2 heterocycles. The van der Waals surface area contributed by atoms with E-state index in [2.05, 4.69) is 34.2 Å². The standard InChI is InChI=1S/C14H8N2S/c1-2-4-11-9(3-1)10-5-6-12-14(13(10)16-11)15-7-8-17-12/h1-8H. The molecule has 2 aromatic heterocycles. The van der Waals surface area contributed by atoms with Crippen LogP contribution in [0.3, 0.4) is 0 Å². The largest absolute Gasteiger partial charge is 0.252 e. The molecule has 0 aliphatic rings. The molecule has 4 aromatic rings. The molecular weight excluding hydrogens is 228 g/mol. The maximum atomic E-state index is 4.69. The highest BCUT2D eigenvalue weighted by atomic mass is 32.1. The van der Waals surface area contributed by atoms with Crippen LogP contribution in [0.5, 0.6) is 0 Å². The van der Waals surface area contributed by atoms with Crippen molar-refractivity contribution in [1.29, 1.82) is 0 Å². The van der Waals surface area contributed by atoms with Crippen molar-refractivity contribution in [3.63, 3.8) is 0 Å². The summed E-state index contributed by atoms with van der Waals surface area (Å²) in [5, 5.41) is 4.40. The van der Waals surface area contributed by atoms with E-state index in [9.17, 15) is 0 Å². The van der Waals surface area contributed by atoms with Gasteiger partial charge in [-0.25, -0.2) is 4.98 Å². The van der Waals surface area contributed by atoms with Gasteiger partial charge in [0.2, 0.25) is 0 Å². The Bertz CT molecular complexity index is 848. The summed E-state index contributed by atoms with van der Waals surface area (Å²) in [4.78, 5) is 9.14. The molecule has 80 valence electrons. The van der Waals surface area contributed by atoms with Crippen molar-refractivity contribution in [2.75, 3.05) is 0 Å². The second-order valence-electron chi connectivity index (χ2n) is 3.97. The van der Waals surface area contributed by atoms with E-state index in [4.69, 9.17) is 0 Å². The molecule has 4 rings (SSSR count). The van der Waals surface area contributed by atoms with Crippen molar-refractivity contribution in [2.45, 2.75) is 0 Å². The summed E-state index contributed by atoms with van der Waals surface area (Å²) in [6.45, 7) is 0. The molecule has 0 spiro atoms. The normalized spacial score (nSPS) is 11.5. The van der Waals surface area contributed by atoms with Gasteiger partial charge in [0, 0.05) is 22.3 Å². The van der Waals surface area contributed by atoms with Crippen LogP contribution >= 0.6 is 11.3 Å². The zero-order chi connectivity index (χ0) is 11.2. The SMILES string of the molecule is c1ccc2c(c1)nc1c2ccc2sccnc21. The van der Waals surface area contributed by atoms with Crippen LogP contribution < -0.4 is 0 Å². The van der Waals surface area contributed by atoms with Crippen LogP contribution in [0.4, 0.5) is 0 Å². The minimum absolute atomic E-state index is 1.01. The Morgan fingerprint density at radius 3 is 2.82 bits per heavy atom. The average Bonchev–Trinajstić information content (AvgIpc) is 2.78. The van der Waals surface area contributed by atoms with Gasteiger partial charge in [-0.1, -0.05) is 24.3 Å². The van der Waals surface area contributed by atoms with E-state index in [1.54, 1.807) is 11.3 Å². The molecule has 0 saturated carbocycles. The molecular formula is C14H8N2S. The first kappa shape index (κ1) is 9.07. The van der Waals surface area contributed by atoms with Crippen molar-refractivity contribution in [3.05, 3.63) is 48.0 Å². The Balaban J connectivity index is 2.34. The number of hydrogen-bond acceptors (Lipinski definition) is 3. The number of hydrogen-bond donors (Lipinski definition) is 0. The first-order chi connectivity index (χ1) is 8.43.